The first kappa shape index (κ1) is 13.0. The van der Waals surface area contributed by atoms with Crippen molar-refractivity contribution in [3.05, 3.63) is 41.9 Å². The van der Waals surface area contributed by atoms with Crippen molar-refractivity contribution in [2.45, 2.75) is 13.3 Å². The summed E-state index contributed by atoms with van der Waals surface area (Å²) in [5.41, 5.74) is 2.36. The number of ether oxygens (including phenoxy) is 1. The van der Waals surface area contributed by atoms with E-state index in [1.807, 2.05) is 37.3 Å². The van der Waals surface area contributed by atoms with Gasteiger partial charge in [0.15, 0.2) is 0 Å². The molecule has 2 rings (SSSR count). The van der Waals surface area contributed by atoms with E-state index >= 15 is 0 Å². The maximum atomic E-state index is 10.7. The Kier molecular flexibility index (Phi) is 3.75. The fourth-order valence-electron chi connectivity index (χ4n) is 1.75. The van der Waals surface area contributed by atoms with E-state index in [9.17, 15) is 4.79 Å². The predicted octanol–water partition coefficient (Wildman–Crippen LogP) is 2.09. The monoisotopic (exact) mass is 258 g/mol. The van der Waals surface area contributed by atoms with Crippen LogP contribution in [0.5, 0.6) is 5.75 Å². The minimum Gasteiger partial charge on any atom is -0.497 e. The molecule has 1 heterocycles. The number of rotatable bonds is 4. The normalized spacial score (nSPS) is 10.2. The minimum atomic E-state index is -0.939. The van der Waals surface area contributed by atoms with E-state index in [1.54, 1.807) is 7.11 Å². The minimum absolute atomic E-state index is 0.176. The van der Waals surface area contributed by atoms with Gasteiger partial charge in [-0.05, 0) is 37.3 Å². The molecule has 0 saturated carbocycles. The average Bonchev–Trinajstić information content (AvgIpc) is 2.37. The zero-order valence-corrected chi connectivity index (χ0v) is 10.8. The zero-order valence-electron chi connectivity index (χ0n) is 10.8. The summed E-state index contributed by atoms with van der Waals surface area (Å²) in [6.07, 6.45) is -0.176. The molecule has 1 aromatic carbocycles. The van der Waals surface area contributed by atoms with Crippen LogP contribution in [0, 0.1) is 6.92 Å². The number of aryl methyl sites for hydroxylation is 1. The van der Waals surface area contributed by atoms with Crippen LogP contribution < -0.4 is 4.74 Å². The lowest BCUT2D eigenvalue weighted by atomic mass is 10.1. The van der Waals surface area contributed by atoms with Gasteiger partial charge in [0.25, 0.3) is 0 Å². The Morgan fingerprint density at radius 1 is 1.26 bits per heavy atom. The van der Waals surface area contributed by atoms with Crippen LogP contribution in [0.4, 0.5) is 0 Å². The standard InChI is InChI=1S/C14H14N2O3/c1-9-7-12(16-13(15-9)8-14(17)18)10-3-5-11(19-2)6-4-10/h3-7H,8H2,1-2H3,(H,17,18). The maximum absolute atomic E-state index is 10.7. The van der Waals surface area contributed by atoms with Crippen molar-refractivity contribution >= 4 is 5.97 Å². The van der Waals surface area contributed by atoms with Gasteiger partial charge in [0.2, 0.25) is 0 Å². The van der Waals surface area contributed by atoms with Crippen molar-refractivity contribution in [2.75, 3.05) is 7.11 Å². The molecule has 0 bridgehead atoms. The smallest absolute Gasteiger partial charge is 0.311 e. The van der Waals surface area contributed by atoms with E-state index in [0.29, 0.717) is 11.5 Å². The summed E-state index contributed by atoms with van der Waals surface area (Å²) in [6, 6.07) is 9.26. The van der Waals surface area contributed by atoms with Gasteiger partial charge in [-0.2, -0.15) is 0 Å². The number of methoxy groups -OCH3 is 1. The number of aromatic nitrogens is 2. The van der Waals surface area contributed by atoms with E-state index in [0.717, 1.165) is 17.0 Å². The van der Waals surface area contributed by atoms with Gasteiger partial charge in [-0.1, -0.05) is 0 Å². The lowest BCUT2D eigenvalue weighted by molar-refractivity contribution is -0.136. The molecule has 2 aromatic rings. The van der Waals surface area contributed by atoms with E-state index in [1.165, 1.54) is 0 Å². The number of nitrogens with zero attached hydrogens (tertiary/aromatic N) is 2. The lowest BCUT2D eigenvalue weighted by Gasteiger charge is -2.06. The molecule has 0 amide bonds. The van der Waals surface area contributed by atoms with Crippen molar-refractivity contribution in [1.29, 1.82) is 0 Å². The second-order valence-corrected chi connectivity index (χ2v) is 4.11. The van der Waals surface area contributed by atoms with Crippen molar-refractivity contribution < 1.29 is 14.6 Å². The molecule has 0 radical (unpaired) electrons. The summed E-state index contributed by atoms with van der Waals surface area (Å²) >= 11 is 0. The Balaban J connectivity index is 2.37. The van der Waals surface area contributed by atoms with Crippen molar-refractivity contribution in [2.24, 2.45) is 0 Å². The van der Waals surface area contributed by atoms with Crippen molar-refractivity contribution in [1.82, 2.24) is 9.97 Å². The molecule has 1 aromatic heterocycles. The summed E-state index contributed by atoms with van der Waals surface area (Å²) in [4.78, 5) is 19.1. The highest BCUT2D eigenvalue weighted by Gasteiger charge is 2.08. The Morgan fingerprint density at radius 2 is 1.95 bits per heavy atom. The van der Waals surface area contributed by atoms with Crippen LogP contribution in [-0.2, 0) is 11.2 Å². The van der Waals surface area contributed by atoms with E-state index in [4.69, 9.17) is 9.84 Å². The Bertz CT molecular complexity index is 594. The third kappa shape index (κ3) is 3.28. The van der Waals surface area contributed by atoms with Crippen LogP contribution in [0.1, 0.15) is 11.5 Å². The summed E-state index contributed by atoms with van der Waals surface area (Å²) in [5, 5.41) is 8.79. The van der Waals surface area contributed by atoms with Crippen LogP contribution in [0.15, 0.2) is 30.3 Å². The van der Waals surface area contributed by atoms with Crippen molar-refractivity contribution in [3.8, 4) is 17.0 Å². The zero-order chi connectivity index (χ0) is 13.8. The highest BCUT2D eigenvalue weighted by atomic mass is 16.5. The van der Waals surface area contributed by atoms with E-state index in [-0.39, 0.29) is 6.42 Å². The fourth-order valence-corrected chi connectivity index (χ4v) is 1.75. The van der Waals surface area contributed by atoms with E-state index < -0.39 is 5.97 Å². The summed E-state index contributed by atoms with van der Waals surface area (Å²) in [7, 11) is 1.61. The fraction of sp³-hybridized carbons (Fsp3) is 0.214. The van der Waals surface area contributed by atoms with Crippen LogP contribution in [0.2, 0.25) is 0 Å². The average molecular weight is 258 g/mol. The topological polar surface area (TPSA) is 72.3 Å². The third-order valence-corrected chi connectivity index (χ3v) is 2.60. The molecule has 98 valence electrons. The van der Waals surface area contributed by atoms with E-state index in [2.05, 4.69) is 9.97 Å². The molecular weight excluding hydrogens is 244 g/mol. The van der Waals surface area contributed by atoms with Gasteiger partial charge in [-0.15, -0.1) is 0 Å². The molecule has 5 nitrogen and oxygen atoms in total. The second kappa shape index (κ2) is 5.48. The maximum Gasteiger partial charge on any atom is 0.311 e. The van der Waals surface area contributed by atoms with Gasteiger partial charge in [0.1, 0.15) is 18.0 Å². The first-order valence-corrected chi connectivity index (χ1v) is 5.79. The van der Waals surface area contributed by atoms with Crippen LogP contribution in [0.25, 0.3) is 11.3 Å². The SMILES string of the molecule is COc1ccc(-c2cc(C)nc(CC(=O)O)n2)cc1. The molecule has 0 aliphatic heterocycles. The van der Waals surface area contributed by atoms with Gasteiger partial charge in [0, 0.05) is 11.3 Å². The Hall–Kier alpha value is -2.43. The highest BCUT2D eigenvalue weighted by Crippen LogP contribution is 2.21. The number of aliphatic carboxylic acids is 1. The van der Waals surface area contributed by atoms with Gasteiger partial charge in [-0.3, -0.25) is 4.79 Å². The molecular formula is C14H14N2O3. The quantitative estimate of drug-likeness (QED) is 0.909. The number of carboxylic acid groups (broad SMARTS) is 1. The number of benzene rings is 1. The summed E-state index contributed by atoms with van der Waals surface area (Å²) in [6.45, 7) is 1.82. The van der Waals surface area contributed by atoms with Gasteiger partial charge >= 0.3 is 5.97 Å². The molecule has 1 N–H and O–H groups in total. The number of carbonyl (C=O) groups is 1. The second-order valence-electron chi connectivity index (χ2n) is 4.11. The van der Waals surface area contributed by atoms with Gasteiger partial charge in [0.05, 0.1) is 12.8 Å². The number of hydrogen-bond acceptors (Lipinski definition) is 4. The van der Waals surface area contributed by atoms with Crippen LogP contribution in [-0.4, -0.2) is 28.2 Å². The number of carboxylic acids is 1. The van der Waals surface area contributed by atoms with Gasteiger partial charge in [-0.25, -0.2) is 9.97 Å². The Morgan fingerprint density at radius 3 is 2.53 bits per heavy atom. The summed E-state index contributed by atoms with van der Waals surface area (Å²) in [5.74, 6) is 0.143. The highest BCUT2D eigenvalue weighted by molar-refractivity contribution is 5.69. The lowest BCUT2D eigenvalue weighted by Crippen LogP contribution is -2.06. The molecule has 5 heteroatoms. The third-order valence-electron chi connectivity index (χ3n) is 2.60. The van der Waals surface area contributed by atoms with Gasteiger partial charge < -0.3 is 9.84 Å². The van der Waals surface area contributed by atoms with Crippen LogP contribution in [0.3, 0.4) is 0 Å². The summed E-state index contributed by atoms with van der Waals surface area (Å²) < 4.78 is 5.09. The number of hydrogen-bond donors (Lipinski definition) is 1. The first-order chi connectivity index (χ1) is 9.08. The first-order valence-electron chi connectivity index (χ1n) is 5.79. The molecule has 0 aliphatic carbocycles. The molecule has 0 atom stereocenters. The molecule has 0 fully saturated rings. The predicted molar refractivity (Wildman–Crippen MR) is 70.1 cm³/mol. The largest absolute Gasteiger partial charge is 0.497 e. The molecule has 0 saturated heterocycles. The molecule has 19 heavy (non-hydrogen) atoms. The van der Waals surface area contributed by atoms with Crippen molar-refractivity contribution in [3.63, 3.8) is 0 Å². The molecule has 0 unspecified atom stereocenters. The van der Waals surface area contributed by atoms with Crippen LogP contribution >= 0.6 is 0 Å². The Labute approximate surface area is 110 Å². The molecule has 0 aliphatic rings. The molecule has 0 spiro atoms.